The van der Waals surface area contributed by atoms with Crippen LogP contribution in [0.5, 0.6) is 0 Å². The molecule has 2 unspecified atom stereocenters. The molecule has 2 atom stereocenters. The van der Waals surface area contributed by atoms with Gasteiger partial charge < -0.3 is 10.2 Å². The zero-order chi connectivity index (χ0) is 24.3. The van der Waals surface area contributed by atoms with Crippen molar-refractivity contribution in [2.24, 2.45) is 0 Å². The number of hydrogen-bond donors (Lipinski definition) is 1. The van der Waals surface area contributed by atoms with Crippen molar-refractivity contribution in [1.82, 2.24) is 24.8 Å². The Morgan fingerprint density at radius 3 is 2.57 bits per heavy atom. The van der Waals surface area contributed by atoms with E-state index in [0.717, 1.165) is 19.2 Å². The highest BCUT2D eigenvalue weighted by molar-refractivity contribution is 7.91. The van der Waals surface area contributed by atoms with Gasteiger partial charge in [-0.3, -0.25) is 9.36 Å². The number of carbonyl (C=O) groups excluding carboxylic acids is 1. The maximum atomic E-state index is 14.2. The first-order valence-electron chi connectivity index (χ1n) is 11.3. The standard InChI is InChI=1S/C25H22FN5O3S/c1-35(33,34)23-14-31(25-28-10-16(11-29-25)19-4-2-3-5-21(19)26)22-8-15(6-7-20(22)23)24(32)30-13-17-9-18(30)12-27-17/h2-8,10-11,14,17-18,27H,9,12-13H2,1H3. The van der Waals surface area contributed by atoms with Crippen LogP contribution in [0.25, 0.3) is 28.0 Å². The molecule has 1 N–H and O–H groups in total. The second-order valence-electron chi connectivity index (χ2n) is 9.07. The highest BCUT2D eigenvalue weighted by Gasteiger charge is 2.40. The van der Waals surface area contributed by atoms with Crippen molar-refractivity contribution < 1.29 is 17.6 Å². The lowest BCUT2D eigenvalue weighted by Crippen LogP contribution is -2.46. The van der Waals surface area contributed by atoms with Crippen molar-refractivity contribution in [3.63, 3.8) is 0 Å². The Bertz CT molecular complexity index is 1580. The number of likely N-dealkylation sites (tertiary alicyclic amines) is 1. The first kappa shape index (κ1) is 21.9. The molecule has 4 heterocycles. The van der Waals surface area contributed by atoms with Crippen molar-refractivity contribution in [2.45, 2.75) is 23.4 Å². The number of carbonyl (C=O) groups is 1. The van der Waals surface area contributed by atoms with E-state index >= 15 is 0 Å². The van der Waals surface area contributed by atoms with Crippen LogP contribution >= 0.6 is 0 Å². The summed E-state index contributed by atoms with van der Waals surface area (Å²) in [7, 11) is -3.56. The number of aromatic nitrogens is 3. The second-order valence-corrected chi connectivity index (χ2v) is 11.1. The maximum Gasteiger partial charge on any atom is 0.254 e. The Labute approximate surface area is 201 Å². The van der Waals surface area contributed by atoms with Gasteiger partial charge in [0, 0.05) is 72.1 Å². The number of piperazine rings is 1. The van der Waals surface area contributed by atoms with E-state index in [2.05, 4.69) is 15.3 Å². The summed E-state index contributed by atoms with van der Waals surface area (Å²) < 4.78 is 40.7. The molecule has 2 aliphatic heterocycles. The van der Waals surface area contributed by atoms with Gasteiger partial charge in [0.2, 0.25) is 5.95 Å². The number of fused-ring (bicyclic) bond motifs is 3. The Kier molecular flexibility index (Phi) is 4.97. The lowest BCUT2D eigenvalue weighted by Gasteiger charge is -2.27. The first-order valence-corrected chi connectivity index (χ1v) is 13.2. The molecule has 6 rings (SSSR count). The van der Waals surface area contributed by atoms with Crippen LogP contribution in [0.4, 0.5) is 4.39 Å². The molecule has 2 aliphatic rings. The molecular weight excluding hydrogens is 469 g/mol. The molecular formula is C25H22FN5O3S. The van der Waals surface area contributed by atoms with E-state index in [9.17, 15) is 17.6 Å². The molecule has 2 saturated heterocycles. The van der Waals surface area contributed by atoms with Gasteiger partial charge in [-0.15, -0.1) is 0 Å². The van der Waals surface area contributed by atoms with Crippen LogP contribution in [0, 0.1) is 5.82 Å². The number of sulfone groups is 1. The lowest BCUT2D eigenvalue weighted by molar-refractivity contribution is 0.0716. The largest absolute Gasteiger partial charge is 0.333 e. The van der Waals surface area contributed by atoms with Gasteiger partial charge >= 0.3 is 0 Å². The smallest absolute Gasteiger partial charge is 0.254 e. The van der Waals surface area contributed by atoms with Crippen LogP contribution in [0.1, 0.15) is 16.8 Å². The minimum atomic E-state index is -3.56. The Hall–Kier alpha value is -3.63. The number of rotatable bonds is 4. The molecule has 1 amide bonds. The molecule has 0 saturated carbocycles. The van der Waals surface area contributed by atoms with Gasteiger partial charge in [-0.05, 0) is 24.6 Å². The average molecular weight is 492 g/mol. The molecule has 2 aromatic carbocycles. The summed E-state index contributed by atoms with van der Waals surface area (Å²) >= 11 is 0. The lowest BCUT2D eigenvalue weighted by atomic mass is 10.1. The van der Waals surface area contributed by atoms with Gasteiger partial charge in [-0.1, -0.05) is 24.3 Å². The van der Waals surface area contributed by atoms with Crippen LogP contribution in [-0.2, 0) is 9.84 Å². The molecule has 8 nitrogen and oxygen atoms in total. The summed E-state index contributed by atoms with van der Waals surface area (Å²) in [6.07, 6.45) is 6.55. The van der Waals surface area contributed by atoms with Crippen molar-refractivity contribution in [3.05, 3.63) is 72.4 Å². The molecule has 0 radical (unpaired) electrons. The zero-order valence-electron chi connectivity index (χ0n) is 18.8. The average Bonchev–Trinajstić information content (AvgIpc) is 3.58. The monoisotopic (exact) mass is 491 g/mol. The number of hydrogen-bond acceptors (Lipinski definition) is 6. The fourth-order valence-corrected chi connectivity index (χ4v) is 5.91. The van der Waals surface area contributed by atoms with Gasteiger partial charge in [0.05, 0.1) is 10.4 Å². The Morgan fingerprint density at radius 2 is 1.91 bits per heavy atom. The highest BCUT2D eigenvalue weighted by atomic mass is 32.2. The number of halogens is 1. The highest BCUT2D eigenvalue weighted by Crippen LogP contribution is 2.31. The summed E-state index contributed by atoms with van der Waals surface area (Å²) in [5, 5.41) is 3.87. The number of amides is 1. The van der Waals surface area contributed by atoms with E-state index in [-0.39, 0.29) is 28.6 Å². The second kappa shape index (κ2) is 7.96. The minimum absolute atomic E-state index is 0.0784. The predicted octanol–water partition coefficient (Wildman–Crippen LogP) is 2.82. The van der Waals surface area contributed by atoms with Gasteiger partial charge in [-0.2, -0.15) is 0 Å². The van der Waals surface area contributed by atoms with Gasteiger partial charge in [0.1, 0.15) is 5.82 Å². The molecule has 0 aliphatic carbocycles. The summed E-state index contributed by atoms with van der Waals surface area (Å²) in [6, 6.07) is 11.9. The Morgan fingerprint density at radius 1 is 1.14 bits per heavy atom. The predicted molar refractivity (Wildman–Crippen MR) is 129 cm³/mol. The van der Waals surface area contributed by atoms with Crippen molar-refractivity contribution in [1.29, 1.82) is 0 Å². The third kappa shape index (κ3) is 3.69. The van der Waals surface area contributed by atoms with E-state index in [4.69, 9.17) is 0 Å². The summed E-state index contributed by atoms with van der Waals surface area (Å²) in [5.41, 5.74) is 1.86. The third-order valence-corrected chi connectivity index (χ3v) is 7.90. The van der Waals surface area contributed by atoms with Crippen molar-refractivity contribution in [3.8, 4) is 17.1 Å². The van der Waals surface area contributed by atoms with Gasteiger partial charge in [-0.25, -0.2) is 22.8 Å². The van der Waals surface area contributed by atoms with Crippen LogP contribution in [0.15, 0.2) is 66.0 Å². The van der Waals surface area contributed by atoms with Crippen molar-refractivity contribution in [2.75, 3.05) is 19.3 Å². The van der Waals surface area contributed by atoms with Crippen LogP contribution in [0.3, 0.4) is 0 Å². The fourth-order valence-electron chi connectivity index (χ4n) is 5.05. The Balaban J connectivity index is 1.44. The van der Waals surface area contributed by atoms with E-state index in [1.54, 1.807) is 41.0 Å². The maximum absolute atomic E-state index is 14.2. The van der Waals surface area contributed by atoms with Crippen molar-refractivity contribution >= 4 is 26.6 Å². The molecule has 4 aromatic rings. The normalized spacial score (nSPS) is 19.5. The molecule has 0 spiro atoms. The SMILES string of the molecule is CS(=O)(=O)c1cn(-c2ncc(-c3ccccc3F)cn2)c2cc(C(=O)N3CC4CC3CN4)ccc12. The van der Waals surface area contributed by atoms with Gasteiger partial charge in [0.15, 0.2) is 9.84 Å². The molecule has 2 aromatic heterocycles. The number of nitrogens with one attached hydrogen (secondary N) is 1. The van der Waals surface area contributed by atoms with E-state index in [1.807, 2.05) is 4.90 Å². The first-order chi connectivity index (χ1) is 16.8. The molecule has 178 valence electrons. The number of nitrogens with zero attached hydrogens (tertiary/aromatic N) is 4. The van der Waals surface area contributed by atoms with Crippen LogP contribution in [-0.4, -0.2) is 65.2 Å². The molecule has 2 fully saturated rings. The van der Waals surface area contributed by atoms with Crippen LogP contribution < -0.4 is 5.32 Å². The van der Waals surface area contributed by atoms with E-state index in [1.165, 1.54) is 24.7 Å². The molecule has 2 bridgehead atoms. The molecule has 35 heavy (non-hydrogen) atoms. The summed E-state index contributed by atoms with van der Waals surface area (Å²) in [6.45, 7) is 1.45. The summed E-state index contributed by atoms with van der Waals surface area (Å²) in [4.78, 5) is 24.0. The van der Waals surface area contributed by atoms with Gasteiger partial charge in [0.25, 0.3) is 5.91 Å². The fraction of sp³-hybridized carbons (Fsp3) is 0.240. The summed E-state index contributed by atoms with van der Waals surface area (Å²) in [5.74, 6) is -0.243. The zero-order valence-corrected chi connectivity index (χ0v) is 19.7. The third-order valence-electron chi connectivity index (χ3n) is 6.77. The molecule has 10 heteroatoms. The quantitative estimate of drug-likeness (QED) is 0.472. The van der Waals surface area contributed by atoms with E-state index < -0.39 is 9.84 Å². The minimum Gasteiger partial charge on any atom is -0.333 e. The topological polar surface area (TPSA) is 97.2 Å². The number of benzene rings is 2. The van der Waals surface area contributed by atoms with Crippen LogP contribution in [0.2, 0.25) is 0 Å². The van der Waals surface area contributed by atoms with E-state index in [0.29, 0.717) is 40.2 Å².